The Morgan fingerprint density at radius 1 is 1.14 bits per heavy atom. The van der Waals surface area contributed by atoms with Crippen LogP contribution in [0.3, 0.4) is 0 Å². The molecule has 2 aliphatic heterocycles. The molecule has 1 unspecified atom stereocenters. The Bertz CT molecular complexity index is 685. The molecule has 10 nitrogen and oxygen atoms in total. The Hall–Kier alpha value is -2.49. The van der Waals surface area contributed by atoms with Gasteiger partial charge < -0.3 is 15.5 Å². The maximum atomic E-state index is 12.5. The van der Waals surface area contributed by atoms with Gasteiger partial charge in [0.1, 0.15) is 0 Å². The SMILES string of the molecule is [2H]C1(C(=O)[15NH]CC[13C](=O)[15NH]CC[13C](=O)ON2C(=O)CCC2=O)CCCN1CC([13CH3])[13CH3]. The highest BCUT2D eigenvalue weighted by Gasteiger charge is 2.33. The average molecular weight is 417 g/mol. The summed E-state index contributed by atoms with van der Waals surface area (Å²) in [5.41, 5.74) is 0. The molecule has 0 aromatic rings. The molecule has 0 aromatic heterocycles. The first kappa shape index (κ1) is 21.2. The van der Waals surface area contributed by atoms with Gasteiger partial charge in [0.25, 0.3) is 11.8 Å². The van der Waals surface area contributed by atoms with Crippen LogP contribution in [-0.2, 0) is 28.8 Å². The molecule has 0 aliphatic carbocycles. The molecule has 29 heavy (non-hydrogen) atoms. The van der Waals surface area contributed by atoms with Crippen molar-refractivity contribution in [1.29, 1.82) is 0 Å². The van der Waals surface area contributed by atoms with Crippen molar-refractivity contribution in [2.24, 2.45) is 5.92 Å². The van der Waals surface area contributed by atoms with E-state index in [1.165, 1.54) is 0 Å². The van der Waals surface area contributed by atoms with E-state index < -0.39 is 29.7 Å². The first-order valence-electron chi connectivity index (χ1n) is 10.5. The molecule has 2 saturated heterocycles. The van der Waals surface area contributed by atoms with E-state index in [4.69, 9.17) is 6.21 Å². The average Bonchev–Trinajstić information content (AvgIpc) is 3.19. The Morgan fingerprint density at radius 3 is 2.45 bits per heavy atom. The second-order valence-electron chi connectivity index (χ2n) is 7.54. The normalized spacial score (nSPS) is 22.7. The molecule has 1 atom stereocenters. The Kier molecular flexibility index (Phi) is 7.97. The highest BCUT2D eigenvalue weighted by atomic mass is 16.8. The molecule has 0 radical (unpaired) electrons. The second kappa shape index (κ2) is 10.9. The van der Waals surface area contributed by atoms with E-state index in [9.17, 15) is 24.0 Å². The minimum Gasteiger partial charge on any atom is -0.355 e. The summed E-state index contributed by atoms with van der Waals surface area (Å²) in [5.74, 6) is -2.35. The molecule has 0 saturated carbocycles. The number of nitrogens with zero attached hydrogens (tertiary/aromatic N) is 2. The first-order chi connectivity index (χ1) is 14.1. The van der Waals surface area contributed by atoms with Crippen LogP contribution < -0.4 is 10.6 Å². The number of likely N-dealkylation sites (tertiary alicyclic amines) is 1. The van der Waals surface area contributed by atoms with Crippen molar-refractivity contribution < 1.29 is 30.2 Å². The summed E-state index contributed by atoms with van der Waals surface area (Å²) in [6, 6.07) is -1.30. The maximum Gasteiger partial charge on any atom is 0.334 e. The van der Waals surface area contributed by atoms with Gasteiger partial charge in [-0.15, -0.1) is 5.06 Å². The van der Waals surface area contributed by atoms with E-state index in [2.05, 4.69) is 10.6 Å². The van der Waals surface area contributed by atoms with Crippen LogP contribution in [0.2, 0.25) is 0 Å². The lowest BCUT2D eigenvalue weighted by atomic mass is 10.2. The lowest BCUT2D eigenvalue weighted by Gasteiger charge is -2.25. The zero-order valence-electron chi connectivity index (χ0n) is 18.0. The van der Waals surface area contributed by atoms with Crippen molar-refractivity contribution in [3.63, 3.8) is 0 Å². The molecule has 2 aliphatic rings. The number of amides is 4. The van der Waals surface area contributed by atoms with Gasteiger partial charge in [0.05, 0.1) is 13.8 Å². The molecule has 2 fully saturated rings. The predicted octanol–water partition coefficient (Wildman–Crippen LogP) is -0.273. The maximum absolute atomic E-state index is 12.5. The van der Waals surface area contributed by atoms with Gasteiger partial charge in [-0.05, 0) is 25.3 Å². The largest absolute Gasteiger partial charge is 0.355 e. The van der Waals surface area contributed by atoms with Crippen LogP contribution >= 0.6 is 0 Å². The smallest absolute Gasteiger partial charge is 0.334 e. The lowest BCUT2D eigenvalue weighted by molar-refractivity contribution is -0.197. The van der Waals surface area contributed by atoms with Crippen LogP contribution in [0.1, 0.15) is 53.7 Å². The van der Waals surface area contributed by atoms with Gasteiger partial charge in [-0.2, -0.15) is 0 Å². The molecule has 2 N–H and O–H groups in total. The van der Waals surface area contributed by atoms with Crippen molar-refractivity contribution in [2.45, 2.75) is 58.4 Å². The van der Waals surface area contributed by atoms with Crippen LogP contribution in [0.25, 0.3) is 0 Å². The monoisotopic (exact) mass is 417 g/mol. The van der Waals surface area contributed by atoms with Gasteiger partial charge >= 0.3 is 5.97 Å². The Labute approximate surface area is 171 Å². The summed E-state index contributed by atoms with van der Waals surface area (Å²) in [6.45, 7) is 5.52. The van der Waals surface area contributed by atoms with Crippen LogP contribution in [0.4, 0.5) is 0 Å². The van der Waals surface area contributed by atoms with E-state index in [0.717, 1.165) is 6.42 Å². The van der Waals surface area contributed by atoms with E-state index in [1.54, 1.807) is 0 Å². The number of rotatable bonds is 10. The number of imide groups is 1. The molecule has 0 bridgehead atoms. The highest BCUT2D eigenvalue weighted by molar-refractivity contribution is 6.01. The number of hydrogen-bond acceptors (Lipinski definition) is 7. The molecule has 0 spiro atoms. The third kappa shape index (κ3) is 7.12. The highest BCUT2D eigenvalue weighted by Crippen LogP contribution is 2.18. The van der Waals surface area contributed by atoms with Crippen LogP contribution in [0, 0.1) is 5.92 Å². The third-order valence-corrected chi connectivity index (χ3v) is 4.56. The Balaban J connectivity index is 1.64. The standard InChI is InChI=1S/C19H30N4O6/c1-13(2)12-22-11-3-4-14(22)19(28)21-9-7-15(24)20-10-8-18(27)29-23-16(25)5-6-17(23)26/h13-14H,3-12H2,1-2H3,(H,20,24)(H,21,28)/i1+1,2+1,14D,15+1,18+1,20+1,21+1. The van der Waals surface area contributed by atoms with Crippen molar-refractivity contribution in [1.82, 2.24) is 20.6 Å². The predicted molar refractivity (Wildman–Crippen MR) is 102 cm³/mol. The second-order valence-corrected chi connectivity index (χ2v) is 7.54. The fourth-order valence-corrected chi connectivity index (χ4v) is 3.22. The molecule has 0 aromatic carbocycles. The van der Waals surface area contributed by atoms with Gasteiger partial charge in [-0.3, -0.25) is 24.1 Å². The molecule has 2 heterocycles. The van der Waals surface area contributed by atoms with Crippen LogP contribution in [0.5, 0.6) is 0 Å². The van der Waals surface area contributed by atoms with Gasteiger partial charge in [0.2, 0.25) is 11.8 Å². The third-order valence-electron chi connectivity index (χ3n) is 4.56. The topological polar surface area (TPSA) is 125 Å². The number of hydroxylamine groups is 2. The summed E-state index contributed by atoms with van der Waals surface area (Å²) < 4.78 is 8.51. The molecule has 4 amide bonds. The van der Waals surface area contributed by atoms with Crippen molar-refractivity contribution in [3.8, 4) is 0 Å². The number of carbonyl (C=O) groups is 5. The minimum absolute atomic E-state index is 0.00411. The van der Waals surface area contributed by atoms with Crippen LogP contribution in [-0.4, -0.2) is 71.8 Å². The minimum atomic E-state index is -1.30. The van der Waals surface area contributed by atoms with Gasteiger partial charge in [0.15, 0.2) is 0 Å². The van der Waals surface area contributed by atoms with E-state index in [1.807, 2.05) is 18.7 Å². The molecule has 162 valence electrons. The van der Waals surface area contributed by atoms with Gasteiger partial charge in [0, 0.05) is 38.9 Å². The van der Waals surface area contributed by atoms with E-state index in [-0.39, 0.29) is 44.7 Å². The molecular formula is C19H30N4O6. The van der Waals surface area contributed by atoms with Gasteiger partial charge in [-0.1, -0.05) is 13.8 Å². The number of nitrogens with one attached hydrogen (secondary N) is 2. The fourth-order valence-electron chi connectivity index (χ4n) is 3.22. The van der Waals surface area contributed by atoms with E-state index in [0.29, 0.717) is 30.5 Å². The van der Waals surface area contributed by atoms with Crippen molar-refractivity contribution in [2.75, 3.05) is 26.2 Å². The molecule has 10 heteroatoms. The van der Waals surface area contributed by atoms with Gasteiger partial charge in [-0.25, -0.2) is 4.79 Å². The first-order valence-corrected chi connectivity index (χ1v) is 10.00. The summed E-state index contributed by atoms with van der Waals surface area (Å²) in [6.07, 6.45) is 1.09. The number of hydrogen-bond donors (Lipinski definition) is 2. The lowest BCUT2D eigenvalue weighted by Crippen LogP contribution is -2.45. The zero-order chi connectivity index (χ0) is 22.3. The summed E-state index contributed by atoms with van der Waals surface area (Å²) in [4.78, 5) is 65.3. The van der Waals surface area contributed by atoms with E-state index >= 15 is 0 Å². The Morgan fingerprint density at radius 2 is 1.79 bits per heavy atom. The fraction of sp³-hybridized carbons (Fsp3) is 0.737. The van der Waals surface area contributed by atoms with Crippen molar-refractivity contribution in [3.05, 3.63) is 0 Å². The quantitative estimate of drug-likeness (QED) is 0.285. The molecular weight excluding hydrogens is 386 g/mol. The van der Waals surface area contributed by atoms with Crippen molar-refractivity contribution >= 4 is 29.6 Å². The number of carbonyl (C=O) groups excluding carboxylic acids is 5. The zero-order valence-corrected chi connectivity index (χ0v) is 17.0. The summed E-state index contributed by atoms with van der Waals surface area (Å²) in [7, 11) is 0. The summed E-state index contributed by atoms with van der Waals surface area (Å²) in [5, 5.41) is 5.63. The molecule has 2 rings (SSSR count). The van der Waals surface area contributed by atoms with Crippen LogP contribution in [0.15, 0.2) is 0 Å². The summed E-state index contributed by atoms with van der Waals surface area (Å²) >= 11 is 0.